The van der Waals surface area contributed by atoms with Crippen molar-refractivity contribution in [2.75, 3.05) is 31.1 Å². The predicted molar refractivity (Wildman–Crippen MR) is 74.5 cm³/mol. The molecule has 106 valence electrons. The van der Waals surface area contributed by atoms with Crippen LogP contribution in [0, 0.1) is 5.92 Å². The summed E-state index contributed by atoms with van der Waals surface area (Å²) in [5.74, 6) is 1.35. The maximum atomic E-state index is 11.8. The molecule has 5 heteroatoms. The lowest BCUT2D eigenvalue weighted by Gasteiger charge is -2.28. The first-order valence-corrected chi connectivity index (χ1v) is 8.98. The van der Waals surface area contributed by atoms with Gasteiger partial charge in [0.25, 0.3) is 0 Å². The molecule has 2 rings (SSSR count). The third kappa shape index (κ3) is 3.68. The molecule has 0 saturated carbocycles. The van der Waals surface area contributed by atoms with Gasteiger partial charge in [0.05, 0.1) is 11.5 Å². The molecule has 0 amide bonds. The van der Waals surface area contributed by atoms with Crippen molar-refractivity contribution >= 4 is 9.84 Å². The molecule has 4 nitrogen and oxygen atoms in total. The first-order valence-electron chi connectivity index (χ1n) is 7.16. The number of sulfone groups is 1. The molecule has 1 N–H and O–H groups in total. The van der Waals surface area contributed by atoms with Gasteiger partial charge >= 0.3 is 0 Å². The van der Waals surface area contributed by atoms with Crippen molar-refractivity contribution in [1.29, 1.82) is 0 Å². The maximum Gasteiger partial charge on any atom is 0.153 e. The zero-order valence-corrected chi connectivity index (χ0v) is 12.4. The number of nitrogens with zero attached hydrogens (tertiary/aromatic N) is 1. The summed E-state index contributed by atoms with van der Waals surface area (Å²) in [5, 5.41) is 3.47. The van der Waals surface area contributed by atoms with Crippen molar-refractivity contribution in [2.45, 2.75) is 45.2 Å². The van der Waals surface area contributed by atoms with Crippen molar-refractivity contribution in [3.8, 4) is 0 Å². The van der Waals surface area contributed by atoms with Crippen LogP contribution in [0.15, 0.2) is 0 Å². The molecule has 0 bridgehead atoms. The molecular formula is C13H26N2O2S. The van der Waals surface area contributed by atoms with E-state index in [1.54, 1.807) is 0 Å². The lowest BCUT2D eigenvalue weighted by molar-refractivity contribution is 0.225. The molecule has 2 aliphatic heterocycles. The van der Waals surface area contributed by atoms with Gasteiger partial charge in [0, 0.05) is 12.1 Å². The van der Waals surface area contributed by atoms with Crippen LogP contribution in [0.2, 0.25) is 0 Å². The van der Waals surface area contributed by atoms with Crippen LogP contribution in [-0.4, -0.2) is 56.5 Å². The van der Waals surface area contributed by atoms with Crippen LogP contribution in [0.4, 0.5) is 0 Å². The quantitative estimate of drug-likeness (QED) is 0.809. The molecule has 0 spiro atoms. The number of nitrogens with one attached hydrogen (secondary N) is 1. The lowest BCUT2D eigenvalue weighted by atomic mass is 10.1. The van der Waals surface area contributed by atoms with E-state index in [9.17, 15) is 8.42 Å². The van der Waals surface area contributed by atoms with Gasteiger partial charge in [-0.05, 0) is 44.8 Å². The summed E-state index contributed by atoms with van der Waals surface area (Å²) in [6.45, 7) is 7.48. The maximum absolute atomic E-state index is 11.8. The Morgan fingerprint density at radius 2 is 1.89 bits per heavy atom. The van der Waals surface area contributed by atoms with E-state index in [2.05, 4.69) is 24.1 Å². The second-order valence-corrected chi connectivity index (χ2v) is 8.28. The van der Waals surface area contributed by atoms with E-state index in [-0.39, 0.29) is 12.1 Å². The molecule has 2 fully saturated rings. The van der Waals surface area contributed by atoms with E-state index in [4.69, 9.17) is 0 Å². The minimum atomic E-state index is -2.84. The van der Waals surface area contributed by atoms with Crippen LogP contribution in [0.5, 0.6) is 0 Å². The Morgan fingerprint density at radius 3 is 2.50 bits per heavy atom. The standard InChI is InChI=1S/C13H26N2O2S/c1-11(2)5-6-14-12-9-18(16,17)10-13(12)15-7-3-4-8-15/h11-14H,3-10H2,1-2H3/t12-,13+/m1/s1. The predicted octanol–water partition coefficient (Wildman–Crippen LogP) is 0.884. The molecule has 2 saturated heterocycles. The Bertz CT molecular complexity index is 361. The van der Waals surface area contributed by atoms with Gasteiger partial charge < -0.3 is 5.32 Å². The Kier molecular flexibility index (Phi) is 4.67. The van der Waals surface area contributed by atoms with Crippen LogP contribution in [0.25, 0.3) is 0 Å². The highest BCUT2D eigenvalue weighted by molar-refractivity contribution is 7.91. The Hall–Kier alpha value is -0.130. The van der Waals surface area contributed by atoms with Gasteiger partial charge in [0.2, 0.25) is 0 Å². The fraction of sp³-hybridized carbons (Fsp3) is 1.00. The van der Waals surface area contributed by atoms with Crippen LogP contribution in [0.3, 0.4) is 0 Å². The minimum Gasteiger partial charge on any atom is -0.311 e. The van der Waals surface area contributed by atoms with E-state index in [0.717, 1.165) is 26.1 Å². The molecule has 0 aromatic heterocycles. The van der Waals surface area contributed by atoms with Gasteiger partial charge in [-0.15, -0.1) is 0 Å². The zero-order chi connectivity index (χ0) is 13.2. The van der Waals surface area contributed by atoms with Crippen LogP contribution in [-0.2, 0) is 9.84 Å². The lowest BCUT2D eigenvalue weighted by Crippen LogP contribution is -2.48. The summed E-state index contributed by atoms with van der Waals surface area (Å²) in [6, 6.07) is 0.358. The normalized spacial score (nSPS) is 32.4. The van der Waals surface area contributed by atoms with Gasteiger partial charge in [-0.3, -0.25) is 4.90 Å². The Labute approximate surface area is 111 Å². The molecule has 2 aliphatic rings. The minimum absolute atomic E-state index is 0.145. The average molecular weight is 274 g/mol. The summed E-state index contributed by atoms with van der Waals surface area (Å²) in [5.41, 5.74) is 0. The fourth-order valence-electron chi connectivity index (χ4n) is 3.01. The molecule has 0 aromatic rings. The van der Waals surface area contributed by atoms with E-state index in [1.807, 2.05) is 0 Å². The van der Waals surface area contributed by atoms with E-state index < -0.39 is 9.84 Å². The molecule has 0 radical (unpaired) electrons. The first-order chi connectivity index (χ1) is 8.48. The van der Waals surface area contributed by atoms with Crippen molar-refractivity contribution in [3.05, 3.63) is 0 Å². The van der Waals surface area contributed by atoms with E-state index in [1.165, 1.54) is 12.8 Å². The topological polar surface area (TPSA) is 49.4 Å². The molecule has 0 aromatic carbocycles. The van der Waals surface area contributed by atoms with Crippen molar-refractivity contribution < 1.29 is 8.42 Å². The van der Waals surface area contributed by atoms with Crippen molar-refractivity contribution in [1.82, 2.24) is 10.2 Å². The summed E-state index contributed by atoms with van der Waals surface area (Å²) in [4.78, 5) is 2.37. The van der Waals surface area contributed by atoms with Crippen LogP contribution >= 0.6 is 0 Å². The molecule has 2 atom stereocenters. The largest absolute Gasteiger partial charge is 0.311 e. The molecular weight excluding hydrogens is 248 g/mol. The highest BCUT2D eigenvalue weighted by Gasteiger charge is 2.41. The van der Waals surface area contributed by atoms with Gasteiger partial charge in [-0.2, -0.15) is 0 Å². The Balaban J connectivity index is 1.92. The number of rotatable bonds is 5. The van der Waals surface area contributed by atoms with Gasteiger partial charge in [0.1, 0.15) is 0 Å². The highest BCUT2D eigenvalue weighted by Crippen LogP contribution is 2.22. The van der Waals surface area contributed by atoms with Crippen LogP contribution < -0.4 is 5.32 Å². The third-order valence-electron chi connectivity index (χ3n) is 4.06. The van der Waals surface area contributed by atoms with Crippen LogP contribution in [0.1, 0.15) is 33.1 Å². The number of likely N-dealkylation sites (tertiary alicyclic amines) is 1. The van der Waals surface area contributed by atoms with E-state index >= 15 is 0 Å². The second kappa shape index (κ2) is 5.88. The number of hydrogen-bond acceptors (Lipinski definition) is 4. The monoisotopic (exact) mass is 274 g/mol. The van der Waals surface area contributed by atoms with Gasteiger partial charge in [0.15, 0.2) is 9.84 Å². The Morgan fingerprint density at radius 1 is 1.22 bits per heavy atom. The third-order valence-corrected chi connectivity index (χ3v) is 5.78. The first kappa shape index (κ1) is 14.3. The average Bonchev–Trinajstić information content (AvgIpc) is 2.84. The van der Waals surface area contributed by atoms with Gasteiger partial charge in [-0.25, -0.2) is 8.42 Å². The van der Waals surface area contributed by atoms with Crippen molar-refractivity contribution in [3.63, 3.8) is 0 Å². The molecule has 0 aliphatic carbocycles. The molecule has 18 heavy (non-hydrogen) atoms. The highest BCUT2D eigenvalue weighted by atomic mass is 32.2. The smallest absolute Gasteiger partial charge is 0.153 e. The second-order valence-electron chi connectivity index (χ2n) is 6.13. The summed E-state index contributed by atoms with van der Waals surface area (Å²) in [6.07, 6.45) is 3.55. The zero-order valence-electron chi connectivity index (χ0n) is 11.6. The number of hydrogen-bond donors (Lipinski definition) is 1. The summed E-state index contributed by atoms with van der Waals surface area (Å²) < 4.78 is 23.7. The van der Waals surface area contributed by atoms with E-state index in [0.29, 0.717) is 17.4 Å². The fourth-order valence-corrected chi connectivity index (χ4v) is 5.00. The summed E-state index contributed by atoms with van der Waals surface area (Å²) >= 11 is 0. The SMILES string of the molecule is CC(C)CCN[C@@H]1CS(=O)(=O)C[C@@H]1N1CCCC1. The van der Waals surface area contributed by atoms with Crippen molar-refractivity contribution in [2.24, 2.45) is 5.92 Å². The molecule has 2 heterocycles. The summed E-state index contributed by atoms with van der Waals surface area (Å²) in [7, 11) is -2.84. The van der Waals surface area contributed by atoms with Gasteiger partial charge in [-0.1, -0.05) is 13.8 Å². The molecule has 0 unspecified atom stereocenters.